The van der Waals surface area contributed by atoms with E-state index in [4.69, 9.17) is 9.47 Å². The van der Waals surface area contributed by atoms with Crippen molar-refractivity contribution in [2.75, 3.05) is 18.5 Å². The number of nitrogens with zero attached hydrogens (tertiary/aromatic N) is 2. The van der Waals surface area contributed by atoms with Gasteiger partial charge in [0.05, 0.1) is 23.8 Å². The van der Waals surface area contributed by atoms with Crippen LogP contribution in [0, 0.1) is 6.92 Å². The van der Waals surface area contributed by atoms with Crippen LogP contribution in [0.25, 0.3) is 17.1 Å². The fourth-order valence-corrected chi connectivity index (χ4v) is 5.81. The Morgan fingerprint density at radius 2 is 1.79 bits per heavy atom. The molecule has 3 heterocycles. The van der Waals surface area contributed by atoms with Crippen LogP contribution < -0.4 is 5.32 Å². The normalized spacial score (nSPS) is 18.5. The van der Waals surface area contributed by atoms with Gasteiger partial charge in [-0.1, -0.05) is 43.0 Å². The molecule has 1 saturated carbocycles. The third-order valence-electron chi connectivity index (χ3n) is 6.32. The predicted molar refractivity (Wildman–Crippen MR) is 129 cm³/mol. The summed E-state index contributed by atoms with van der Waals surface area (Å²) in [5.74, 6) is 0. The number of nitrogens with one attached hydrogen (secondary N) is 1. The van der Waals surface area contributed by atoms with Crippen LogP contribution in [0.4, 0.5) is 5.69 Å². The van der Waals surface area contributed by atoms with Crippen LogP contribution in [0.2, 0.25) is 0 Å². The molecule has 0 unspecified atom stereocenters. The van der Waals surface area contributed by atoms with Crippen LogP contribution in [-0.2, 0) is 19.5 Å². The second kappa shape index (κ2) is 9.29. The quantitative estimate of drug-likeness (QED) is 0.565. The molecule has 0 atom stereocenters. The molecule has 8 heteroatoms. The van der Waals surface area contributed by atoms with E-state index in [0.717, 1.165) is 35.0 Å². The summed E-state index contributed by atoms with van der Waals surface area (Å²) in [7, 11) is -3.76. The smallest absolute Gasteiger partial charge is 0.269 e. The Hall–Kier alpha value is -2.68. The van der Waals surface area contributed by atoms with Crippen molar-refractivity contribution >= 4 is 32.8 Å². The largest absolute Gasteiger partial charge is 0.381 e. The van der Waals surface area contributed by atoms with E-state index in [9.17, 15) is 8.42 Å². The molecule has 1 aliphatic heterocycles. The number of fused-ring (bicyclic) bond motifs is 1. The number of benzene rings is 1. The summed E-state index contributed by atoms with van der Waals surface area (Å²) in [6.45, 7) is 3.10. The molecule has 3 aromatic rings. The molecular weight excluding hydrogens is 438 g/mol. The maximum atomic E-state index is 13.4. The van der Waals surface area contributed by atoms with Crippen molar-refractivity contribution in [3.05, 3.63) is 59.9 Å². The Kier molecular flexibility index (Phi) is 6.23. The lowest BCUT2D eigenvalue weighted by molar-refractivity contribution is -0.000907. The molecule has 174 valence electrons. The van der Waals surface area contributed by atoms with Crippen molar-refractivity contribution in [1.29, 1.82) is 0 Å². The van der Waals surface area contributed by atoms with Crippen molar-refractivity contribution < 1.29 is 17.9 Å². The maximum absolute atomic E-state index is 13.4. The van der Waals surface area contributed by atoms with Gasteiger partial charge in [0.1, 0.15) is 0 Å². The lowest BCUT2D eigenvalue weighted by Crippen LogP contribution is -2.23. The Morgan fingerprint density at radius 3 is 2.52 bits per heavy atom. The molecule has 2 aliphatic rings. The summed E-state index contributed by atoms with van der Waals surface area (Å²) in [4.78, 5) is 4.80. The van der Waals surface area contributed by atoms with Gasteiger partial charge in [-0.3, -0.25) is 0 Å². The van der Waals surface area contributed by atoms with E-state index >= 15 is 0 Å². The number of anilines is 1. The monoisotopic (exact) mass is 467 g/mol. The van der Waals surface area contributed by atoms with E-state index in [1.807, 2.05) is 25.1 Å². The molecule has 1 saturated heterocycles. The van der Waals surface area contributed by atoms with Crippen molar-refractivity contribution in [3.63, 3.8) is 0 Å². The third kappa shape index (κ3) is 4.55. The summed E-state index contributed by atoms with van der Waals surface area (Å²) >= 11 is 0. The Balaban J connectivity index is 1.57. The van der Waals surface area contributed by atoms with Gasteiger partial charge in [0, 0.05) is 29.4 Å². The van der Waals surface area contributed by atoms with E-state index < -0.39 is 10.0 Å². The molecule has 0 spiro atoms. The molecule has 7 nitrogen and oxygen atoms in total. The fourth-order valence-electron chi connectivity index (χ4n) is 4.50. The second-order valence-corrected chi connectivity index (χ2v) is 10.5. The van der Waals surface area contributed by atoms with Crippen LogP contribution in [0.5, 0.6) is 0 Å². The van der Waals surface area contributed by atoms with Crippen molar-refractivity contribution in [2.45, 2.75) is 56.3 Å². The molecule has 0 bridgehead atoms. The van der Waals surface area contributed by atoms with E-state index in [0.29, 0.717) is 24.9 Å². The van der Waals surface area contributed by atoms with Crippen LogP contribution in [0.1, 0.15) is 43.2 Å². The lowest BCUT2D eigenvalue weighted by Gasteiger charge is -2.25. The summed E-state index contributed by atoms with van der Waals surface area (Å²) in [6.07, 6.45) is 12.6. The number of ether oxygens (including phenoxy) is 2. The highest BCUT2D eigenvalue weighted by Gasteiger charge is 2.23. The van der Waals surface area contributed by atoms with Crippen LogP contribution in [0.15, 0.2) is 53.7 Å². The number of hydrogen-bond donors (Lipinski definition) is 1. The number of rotatable bonds is 6. The number of aromatic nitrogens is 2. The van der Waals surface area contributed by atoms with Gasteiger partial charge in [-0.05, 0) is 44.0 Å². The van der Waals surface area contributed by atoms with Crippen LogP contribution in [-0.4, -0.2) is 42.9 Å². The van der Waals surface area contributed by atoms with Gasteiger partial charge < -0.3 is 14.8 Å². The van der Waals surface area contributed by atoms with E-state index in [-0.39, 0.29) is 11.2 Å². The minimum absolute atomic E-state index is 0.244. The standard InChI is InChI=1S/C25H29N3O4S/c1-18-7-10-21(11-8-18)33(29,30)28-14-13-22-24(27-20-5-3-2-4-6-20)19(17-26-25(22)28)9-12-23-31-15-16-32-23/h7-14,17,20,23H,2-6,15-16H2,1H3,(H,26,27). The molecule has 1 aromatic carbocycles. The zero-order valence-corrected chi connectivity index (χ0v) is 19.6. The van der Waals surface area contributed by atoms with Gasteiger partial charge in [0.25, 0.3) is 10.0 Å². The SMILES string of the molecule is Cc1ccc(S(=O)(=O)n2ccc3c(NC4CCCCC4)c(C=CC4OCCO4)cnc32)cc1. The maximum Gasteiger partial charge on any atom is 0.269 e. The summed E-state index contributed by atoms with van der Waals surface area (Å²) < 4.78 is 39.0. The first-order valence-corrected chi connectivity index (χ1v) is 13.0. The average Bonchev–Trinajstić information content (AvgIpc) is 3.50. The molecule has 5 rings (SSSR count). The fraction of sp³-hybridized carbons (Fsp3) is 0.400. The molecule has 0 radical (unpaired) electrons. The van der Waals surface area contributed by atoms with Crippen molar-refractivity contribution in [2.24, 2.45) is 0 Å². The van der Waals surface area contributed by atoms with Gasteiger partial charge >= 0.3 is 0 Å². The Bertz CT molecular complexity index is 1250. The molecule has 33 heavy (non-hydrogen) atoms. The first-order chi connectivity index (χ1) is 16.0. The number of aryl methyl sites for hydroxylation is 1. The Morgan fingerprint density at radius 1 is 1.06 bits per heavy atom. The molecule has 1 N–H and O–H groups in total. The highest BCUT2D eigenvalue weighted by molar-refractivity contribution is 7.90. The molecule has 2 aromatic heterocycles. The second-order valence-electron chi connectivity index (χ2n) is 8.70. The average molecular weight is 468 g/mol. The van der Waals surface area contributed by atoms with E-state index in [2.05, 4.69) is 10.3 Å². The van der Waals surface area contributed by atoms with Crippen LogP contribution >= 0.6 is 0 Å². The number of hydrogen-bond acceptors (Lipinski definition) is 6. The topological polar surface area (TPSA) is 82.5 Å². The molecule has 2 fully saturated rings. The van der Waals surface area contributed by atoms with Gasteiger partial charge in [0.15, 0.2) is 11.9 Å². The van der Waals surface area contributed by atoms with Gasteiger partial charge in [-0.15, -0.1) is 0 Å². The first kappa shape index (κ1) is 22.1. The van der Waals surface area contributed by atoms with Crippen LogP contribution in [0.3, 0.4) is 0 Å². The zero-order chi connectivity index (χ0) is 22.8. The van der Waals surface area contributed by atoms with Gasteiger partial charge in [-0.25, -0.2) is 17.4 Å². The molecule has 1 aliphatic carbocycles. The first-order valence-electron chi connectivity index (χ1n) is 11.5. The molecular formula is C25H29N3O4S. The Labute approximate surface area is 194 Å². The summed E-state index contributed by atoms with van der Waals surface area (Å²) in [5.41, 5.74) is 3.21. The van der Waals surface area contributed by atoms with E-state index in [1.54, 1.807) is 36.7 Å². The summed E-state index contributed by atoms with van der Waals surface area (Å²) in [5, 5.41) is 4.48. The number of pyridine rings is 1. The van der Waals surface area contributed by atoms with Gasteiger partial charge in [0.2, 0.25) is 0 Å². The zero-order valence-electron chi connectivity index (χ0n) is 18.7. The minimum Gasteiger partial charge on any atom is -0.381 e. The van der Waals surface area contributed by atoms with Gasteiger partial charge in [-0.2, -0.15) is 0 Å². The highest BCUT2D eigenvalue weighted by Crippen LogP contribution is 2.33. The highest BCUT2D eigenvalue weighted by atomic mass is 32.2. The van der Waals surface area contributed by atoms with E-state index in [1.165, 1.54) is 23.2 Å². The van der Waals surface area contributed by atoms with Crippen molar-refractivity contribution in [1.82, 2.24) is 8.96 Å². The third-order valence-corrected chi connectivity index (χ3v) is 8.00. The molecule has 0 amide bonds. The summed E-state index contributed by atoms with van der Waals surface area (Å²) in [6, 6.07) is 9.06. The van der Waals surface area contributed by atoms with Crippen molar-refractivity contribution in [3.8, 4) is 0 Å². The lowest BCUT2D eigenvalue weighted by atomic mass is 9.95. The predicted octanol–water partition coefficient (Wildman–Crippen LogP) is 4.71. The minimum atomic E-state index is -3.76.